The molecule has 10 nitrogen and oxygen atoms in total. The summed E-state index contributed by atoms with van der Waals surface area (Å²) in [6.45, 7) is 2.66. The average molecular weight is 436 g/mol. The van der Waals surface area contributed by atoms with Gasteiger partial charge in [0, 0.05) is 0 Å². The zero-order chi connectivity index (χ0) is 20.9. The van der Waals surface area contributed by atoms with E-state index in [9.17, 15) is 28.3 Å². The molecule has 28 heavy (non-hydrogen) atoms. The number of aliphatic hydroxyl groups is 3. The van der Waals surface area contributed by atoms with Gasteiger partial charge in [-0.05, 0) is 26.0 Å². The van der Waals surface area contributed by atoms with Gasteiger partial charge in [-0.25, -0.2) is 0 Å². The highest BCUT2D eigenvalue weighted by Gasteiger charge is 2.69. The lowest BCUT2D eigenvalue weighted by atomic mass is 9.91. The highest BCUT2D eigenvalue weighted by molar-refractivity contribution is 7.86. The first-order valence-electron chi connectivity index (χ1n) is 8.00. The van der Waals surface area contributed by atoms with Crippen LogP contribution < -0.4 is 4.74 Å². The molecule has 0 spiro atoms. The number of aliphatic hydroxyl groups excluding tert-OH is 2. The number of para-hydroxylation sites is 1. The second kappa shape index (κ2) is 6.95. The van der Waals surface area contributed by atoms with E-state index < -0.39 is 38.6 Å². The van der Waals surface area contributed by atoms with Crippen molar-refractivity contribution in [2.45, 2.75) is 42.3 Å². The summed E-state index contributed by atoms with van der Waals surface area (Å²) in [6.07, 6.45) is -6.75. The van der Waals surface area contributed by atoms with Crippen molar-refractivity contribution >= 4 is 21.7 Å². The molecule has 12 heteroatoms. The van der Waals surface area contributed by atoms with Crippen LogP contribution in [-0.4, -0.2) is 57.0 Å². The van der Waals surface area contributed by atoms with E-state index in [1.54, 1.807) is 18.2 Å². The van der Waals surface area contributed by atoms with Gasteiger partial charge in [-0.15, -0.1) is 0 Å². The summed E-state index contributed by atoms with van der Waals surface area (Å²) in [5.41, 5.74) is -0.393. The van der Waals surface area contributed by atoms with E-state index in [1.807, 2.05) is 0 Å². The standard InChI is InChI=1S/C16H18ClNO9S/c1-8-11(9(2)27-18-8)16(28(22,23)24)13(20)12(19)15(17,21)14(26-16)25-10-6-4-3-5-7-10/h3-7,12-14,19-21H,1-2H3,(H,22,23,24)/t12-,13-,14+,15+,16?/m0/s1. The number of aromatic nitrogens is 1. The molecule has 5 atom stereocenters. The summed E-state index contributed by atoms with van der Waals surface area (Å²) in [5.74, 6) is -0.00184. The zero-order valence-corrected chi connectivity index (χ0v) is 16.3. The third kappa shape index (κ3) is 3.08. The molecule has 1 unspecified atom stereocenters. The molecule has 2 heterocycles. The molecule has 154 valence electrons. The summed E-state index contributed by atoms with van der Waals surface area (Å²) in [4.78, 5) is -2.98. The van der Waals surface area contributed by atoms with Gasteiger partial charge >= 0.3 is 10.1 Å². The molecule has 0 saturated carbocycles. The van der Waals surface area contributed by atoms with Crippen molar-refractivity contribution in [3.8, 4) is 5.75 Å². The van der Waals surface area contributed by atoms with Crippen molar-refractivity contribution in [1.82, 2.24) is 5.16 Å². The highest BCUT2D eigenvalue weighted by atomic mass is 35.5. The number of hydrogen-bond donors (Lipinski definition) is 4. The maximum absolute atomic E-state index is 12.4. The normalized spacial score (nSPS) is 33.6. The van der Waals surface area contributed by atoms with E-state index in [4.69, 9.17) is 25.6 Å². The minimum Gasteiger partial charge on any atom is -0.460 e. The Labute approximate surface area is 165 Å². The second-order valence-electron chi connectivity index (χ2n) is 6.34. The molecule has 1 aromatic heterocycles. The van der Waals surface area contributed by atoms with Crippen LogP contribution in [0, 0.1) is 13.8 Å². The van der Waals surface area contributed by atoms with Crippen LogP contribution in [0.4, 0.5) is 0 Å². The smallest absolute Gasteiger partial charge is 0.302 e. The first kappa shape index (κ1) is 21.0. The van der Waals surface area contributed by atoms with Crippen molar-refractivity contribution in [3.05, 3.63) is 47.3 Å². The Kier molecular flexibility index (Phi) is 5.21. The average Bonchev–Trinajstić information content (AvgIpc) is 2.95. The Bertz CT molecular complexity index is 942. The van der Waals surface area contributed by atoms with Crippen LogP contribution in [0.5, 0.6) is 5.75 Å². The lowest BCUT2D eigenvalue weighted by molar-refractivity contribution is -0.307. The summed E-state index contributed by atoms with van der Waals surface area (Å²) >= 11 is 5.93. The minimum absolute atomic E-state index is 0.0418. The van der Waals surface area contributed by atoms with Gasteiger partial charge in [-0.1, -0.05) is 35.0 Å². The summed E-state index contributed by atoms with van der Waals surface area (Å²) in [7, 11) is -5.29. The third-order valence-electron chi connectivity index (χ3n) is 4.47. The van der Waals surface area contributed by atoms with Crippen LogP contribution in [0.15, 0.2) is 34.9 Å². The van der Waals surface area contributed by atoms with Crippen LogP contribution in [0.25, 0.3) is 0 Å². The molecular weight excluding hydrogens is 418 g/mol. The van der Waals surface area contributed by atoms with Crippen LogP contribution in [0.3, 0.4) is 0 Å². The van der Waals surface area contributed by atoms with E-state index in [2.05, 4.69) is 5.16 Å². The number of aryl methyl sites for hydroxylation is 2. The number of alkyl halides is 1. The van der Waals surface area contributed by atoms with Gasteiger partial charge in [0.05, 0.1) is 11.3 Å². The van der Waals surface area contributed by atoms with Gasteiger partial charge in [0.15, 0.2) is 0 Å². The Morgan fingerprint density at radius 3 is 2.29 bits per heavy atom. The number of rotatable bonds is 4. The van der Waals surface area contributed by atoms with E-state index >= 15 is 0 Å². The minimum atomic E-state index is -5.29. The SMILES string of the molecule is Cc1noc(C)c1C1(S(=O)(=O)O)O[C@@H](Oc2ccccc2)[C@@](O)(Cl)[C@@H](O)[C@@H]1O. The molecule has 2 aromatic rings. The number of halogens is 1. The van der Waals surface area contributed by atoms with Gasteiger partial charge in [-0.3, -0.25) is 4.55 Å². The Hall–Kier alpha value is -1.73. The van der Waals surface area contributed by atoms with Crippen molar-refractivity contribution in [2.24, 2.45) is 0 Å². The van der Waals surface area contributed by atoms with Crippen molar-refractivity contribution in [1.29, 1.82) is 0 Å². The molecule has 1 aliphatic heterocycles. The van der Waals surface area contributed by atoms with Crippen LogP contribution in [-0.2, 0) is 19.8 Å². The topological polar surface area (TPSA) is 160 Å². The maximum Gasteiger partial charge on any atom is 0.302 e. The largest absolute Gasteiger partial charge is 0.460 e. The third-order valence-corrected chi connectivity index (χ3v) is 6.18. The van der Waals surface area contributed by atoms with Crippen LogP contribution in [0.2, 0.25) is 0 Å². The molecule has 1 aliphatic rings. The summed E-state index contributed by atoms with van der Waals surface area (Å²) < 4.78 is 50.5. The molecule has 1 saturated heterocycles. The van der Waals surface area contributed by atoms with Crippen molar-refractivity contribution in [3.63, 3.8) is 0 Å². The van der Waals surface area contributed by atoms with Crippen LogP contribution in [0.1, 0.15) is 17.0 Å². The first-order chi connectivity index (χ1) is 12.9. The predicted molar refractivity (Wildman–Crippen MR) is 94.0 cm³/mol. The fourth-order valence-electron chi connectivity index (χ4n) is 3.14. The van der Waals surface area contributed by atoms with Gasteiger partial charge in [0.2, 0.25) is 11.4 Å². The van der Waals surface area contributed by atoms with Gasteiger partial charge in [0.25, 0.3) is 4.93 Å². The molecule has 1 aromatic carbocycles. The number of ether oxygens (including phenoxy) is 2. The molecule has 0 radical (unpaired) electrons. The monoisotopic (exact) mass is 435 g/mol. The van der Waals surface area contributed by atoms with E-state index in [0.29, 0.717) is 0 Å². The van der Waals surface area contributed by atoms with E-state index in [0.717, 1.165) is 0 Å². The predicted octanol–water partition coefficient (Wildman–Crippen LogP) is 0.417. The quantitative estimate of drug-likeness (QED) is 0.391. The Morgan fingerprint density at radius 2 is 1.79 bits per heavy atom. The molecule has 0 aliphatic carbocycles. The second-order valence-corrected chi connectivity index (χ2v) is 8.50. The molecule has 3 rings (SSSR count). The van der Waals surface area contributed by atoms with Gasteiger partial charge in [-0.2, -0.15) is 8.42 Å². The maximum atomic E-state index is 12.4. The number of nitrogens with zero attached hydrogens (tertiary/aromatic N) is 1. The summed E-state index contributed by atoms with van der Waals surface area (Å²) in [5, 5.41) is 32.3. The molecular formula is C16H18ClNO9S. The fraction of sp³-hybridized carbons (Fsp3) is 0.438. The Balaban J connectivity index is 2.20. The van der Waals surface area contributed by atoms with Crippen molar-refractivity contribution in [2.75, 3.05) is 0 Å². The summed E-state index contributed by atoms with van der Waals surface area (Å²) in [6, 6.07) is 7.76. The molecule has 4 N–H and O–H groups in total. The van der Waals surface area contributed by atoms with Gasteiger partial charge < -0.3 is 29.3 Å². The lowest BCUT2D eigenvalue weighted by Crippen LogP contribution is -2.70. The van der Waals surface area contributed by atoms with E-state index in [1.165, 1.54) is 26.0 Å². The molecule has 0 bridgehead atoms. The molecule has 0 amide bonds. The van der Waals surface area contributed by atoms with Crippen molar-refractivity contribution < 1.29 is 42.3 Å². The lowest BCUT2D eigenvalue weighted by Gasteiger charge is -2.49. The zero-order valence-electron chi connectivity index (χ0n) is 14.7. The van der Waals surface area contributed by atoms with Crippen LogP contribution >= 0.6 is 11.6 Å². The molecule has 1 fully saturated rings. The van der Waals surface area contributed by atoms with E-state index in [-0.39, 0.29) is 22.8 Å². The first-order valence-corrected chi connectivity index (χ1v) is 9.82. The van der Waals surface area contributed by atoms with Gasteiger partial charge in [0.1, 0.15) is 23.7 Å². The fourth-order valence-corrected chi connectivity index (χ4v) is 4.54. The Morgan fingerprint density at radius 1 is 1.18 bits per heavy atom. The number of hydrogen-bond acceptors (Lipinski definition) is 9. The number of benzene rings is 1. The highest BCUT2D eigenvalue weighted by Crippen LogP contribution is 2.49.